The SMILES string of the molecule is Cc1cc(F)c(NC(=O)CCC(CCN)C(C)C)cc1F. The molecule has 21 heavy (non-hydrogen) atoms. The molecule has 1 amide bonds. The van der Waals surface area contributed by atoms with Crippen LogP contribution in [0.1, 0.15) is 38.7 Å². The number of rotatable bonds is 7. The van der Waals surface area contributed by atoms with E-state index in [1.807, 2.05) is 0 Å². The summed E-state index contributed by atoms with van der Waals surface area (Å²) in [4.78, 5) is 11.9. The van der Waals surface area contributed by atoms with Crippen LogP contribution < -0.4 is 11.1 Å². The van der Waals surface area contributed by atoms with Crippen molar-refractivity contribution in [1.82, 2.24) is 0 Å². The van der Waals surface area contributed by atoms with Crippen molar-refractivity contribution in [3.63, 3.8) is 0 Å². The molecule has 0 saturated heterocycles. The first kappa shape index (κ1) is 17.6. The van der Waals surface area contributed by atoms with Gasteiger partial charge >= 0.3 is 0 Å². The first-order chi connectivity index (χ1) is 9.85. The van der Waals surface area contributed by atoms with Crippen LogP contribution in [0.3, 0.4) is 0 Å². The van der Waals surface area contributed by atoms with Gasteiger partial charge < -0.3 is 11.1 Å². The Hall–Kier alpha value is -1.49. The number of benzene rings is 1. The Morgan fingerprint density at radius 2 is 1.90 bits per heavy atom. The molecule has 0 aliphatic heterocycles. The minimum atomic E-state index is -0.621. The fourth-order valence-corrected chi connectivity index (χ4v) is 2.30. The van der Waals surface area contributed by atoms with E-state index in [9.17, 15) is 13.6 Å². The average Bonchev–Trinajstić information content (AvgIpc) is 2.40. The maximum atomic E-state index is 13.6. The molecule has 0 aromatic heterocycles. The number of anilines is 1. The Morgan fingerprint density at radius 1 is 1.24 bits per heavy atom. The molecule has 1 rings (SSSR count). The predicted octanol–water partition coefficient (Wildman–Crippen LogP) is 3.61. The Kier molecular flexibility index (Phi) is 6.75. The predicted molar refractivity (Wildman–Crippen MR) is 81.0 cm³/mol. The van der Waals surface area contributed by atoms with Crippen LogP contribution in [0.4, 0.5) is 14.5 Å². The molecule has 3 N–H and O–H groups in total. The van der Waals surface area contributed by atoms with Gasteiger partial charge in [-0.05, 0) is 49.8 Å². The molecule has 0 aliphatic carbocycles. The number of amides is 1. The zero-order valence-corrected chi connectivity index (χ0v) is 12.9. The van der Waals surface area contributed by atoms with Crippen molar-refractivity contribution in [2.75, 3.05) is 11.9 Å². The summed E-state index contributed by atoms with van der Waals surface area (Å²) in [5.41, 5.74) is 5.66. The third-order valence-electron chi connectivity index (χ3n) is 3.74. The van der Waals surface area contributed by atoms with E-state index in [-0.39, 0.29) is 23.6 Å². The summed E-state index contributed by atoms with van der Waals surface area (Å²) in [6.07, 6.45) is 1.83. The summed E-state index contributed by atoms with van der Waals surface area (Å²) < 4.78 is 27.0. The van der Waals surface area contributed by atoms with E-state index >= 15 is 0 Å². The first-order valence-electron chi connectivity index (χ1n) is 7.30. The van der Waals surface area contributed by atoms with E-state index in [2.05, 4.69) is 19.2 Å². The number of hydrogen-bond donors (Lipinski definition) is 2. The van der Waals surface area contributed by atoms with E-state index in [1.54, 1.807) is 0 Å². The van der Waals surface area contributed by atoms with Crippen molar-refractivity contribution in [2.45, 2.75) is 40.0 Å². The smallest absolute Gasteiger partial charge is 0.224 e. The van der Waals surface area contributed by atoms with Gasteiger partial charge in [0.25, 0.3) is 0 Å². The van der Waals surface area contributed by atoms with Gasteiger partial charge in [0.2, 0.25) is 5.91 Å². The van der Waals surface area contributed by atoms with Crippen LogP contribution in [-0.4, -0.2) is 12.5 Å². The molecule has 1 aromatic carbocycles. The highest BCUT2D eigenvalue weighted by molar-refractivity contribution is 5.90. The Balaban J connectivity index is 2.60. The summed E-state index contributed by atoms with van der Waals surface area (Å²) in [6, 6.07) is 2.10. The van der Waals surface area contributed by atoms with E-state index in [0.717, 1.165) is 18.6 Å². The summed E-state index contributed by atoms with van der Waals surface area (Å²) in [6.45, 7) is 6.24. The van der Waals surface area contributed by atoms with Crippen LogP contribution in [0.2, 0.25) is 0 Å². The van der Waals surface area contributed by atoms with Crippen molar-refractivity contribution in [3.05, 3.63) is 29.3 Å². The third kappa shape index (κ3) is 5.42. The van der Waals surface area contributed by atoms with Crippen molar-refractivity contribution in [1.29, 1.82) is 0 Å². The number of nitrogens with two attached hydrogens (primary N) is 1. The molecule has 1 aromatic rings. The van der Waals surface area contributed by atoms with Crippen LogP contribution in [0.25, 0.3) is 0 Å². The van der Waals surface area contributed by atoms with E-state index in [0.29, 0.717) is 24.8 Å². The lowest BCUT2D eigenvalue weighted by molar-refractivity contribution is -0.116. The summed E-state index contributed by atoms with van der Waals surface area (Å²) in [5, 5.41) is 2.43. The molecule has 0 radical (unpaired) electrons. The maximum Gasteiger partial charge on any atom is 0.224 e. The van der Waals surface area contributed by atoms with Gasteiger partial charge in [0.1, 0.15) is 11.6 Å². The molecule has 118 valence electrons. The first-order valence-corrected chi connectivity index (χ1v) is 7.30. The monoisotopic (exact) mass is 298 g/mol. The van der Waals surface area contributed by atoms with E-state index in [4.69, 9.17) is 5.73 Å². The van der Waals surface area contributed by atoms with E-state index < -0.39 is 11.6 Å². The standard InChI is InChI=1S/C16H24F2N2O/c1-10(2)12(6-7-19)4-5-16(21)20-15-9-13(17)11(3)8-14(15)18/h8-10,12H,4-7,19H2,1-3H3,(H,20,21). The van der Waals surface area contributed by atoms with Gasteiger partial charge in [-0.3, -0.25) is 4.79 Å². The lowest BCUT2D eigenvalue weighted by Crippen LogP contribution is -2.19. The molecule has 1 unspecified atom stereocenters. The molecule has 1 atom stereocenters. The number of halogens is 2. The van der Waals surface area contributed by atoms with Crippen molar-refractivity contribution in [3.8, 4) is 0 Å². The third-order valence-corrected chi connectivity index (χ3v) is 3.74. The highest BCUT2D eigenvalue weighted by Crippen LogP contribution is 2.22. The molecular formula is C16H24F2N2O. The van der Waals surface area contributed by atoms with Crippen LogP contribution >= 0.6 is 0 Å². The van der Waals surface area contributed by atoms with Gasteiger partial charge in [-0.25, -0.2) is 8.78 Å². The lowest BCUT2D eigenvalue weighted by Gasteiger charge is -2.19. The maximum absolute atomic E-state index is 13.6. The Bertz CT molecular complexity index is 489. The molecule has 0 heterocycles. The van der Waals surface area contributed by atoms with Gasteiger partial charge in [-0.15, -0.1) is 0 Å². The van der Waals surface area contributed by atoms with Gasteiger partial charge in [0, 0.05) is 12.5 Å². The second kappa shape index (κ2) is 8.08. The molecule has 3 nitrogen and oxygen atoms in total. The largest absolute Gasteiger partial charge is 0.330 e. The summed E-state index contributed by atoms with van der Waals surface area (Å²) in [5.74, 6) is -0.658. The molecule has 0 aliphatic rings. The lowest BCUT2D eigenvalue weighted by atomic mass is 9.88. The summed E-state index contributed by atoms with van der Waals surface area (Å²) >= 11 is 0. The quantitative estimate of drug-likeness (QED) is 0.808. The van der Waals surface area contributed by atoms with Gasteiger partial charge in [-0.1, -0.05) is 13.8 Å². The Morgan fingerprint density at radius 3 is 2.48 bits per heavy atom. The minimum absolute atomic E-state index is 0.108. The molecule has 5 heteroatoms. The van der Waals surface area contributed by atoms with Gasteiger partial charge in [-0.2, -0.15) is 0 Å². The van der Waals surface area contributed by atoms with Crippen LogP contribution in [-0.2, 0) is 4.79 Å². The highest BCUT2D eigenvalue weighted by atomic mass is 19.1. The zero-order valence-electron chi connectivity index (χ0n) is 12.9. The van der Waals surface area contributed by atoms with Crippen molar-refractivity contribution < 1.29 is 13.6 Å². The number of carbonyl (C=O) groups is 1. The number of carbonyl (C=O) groups excluding carboxylic acids is 1. The van der Waals surface area contributed by atoms with E-state index in [1.165, 1.54) is 6.92 Å². The van der Waals surface area contributed by atoms with Crippen LogP contribution in [0.15, 0.2) is 12.1 Å². The second-order valence-corrected chi connectivity index (χ2v) is 5.75. The fourth-order valence-electron chi connectivity index (χ4n) is 2.30. The topological polar surface area (TPSA) is 55.1 Å². The number of hydrogen-bond acceptors (Lipinski definition) is 2. The van der Waals surface area contributed by atoms with Gasteiger partial charge in [0.15, 0.2) is 0 Å². The molecular weight excluding hydrogens is 274 g/mol. The summed E-state index contributed by atoms with van der Waals surface area (Å²) in [7, 11) is 0. The molecule has 0 fully saturated rings. The zero-order chi connectivity index (χ0) is 16.0. The molecule has 0 bridgehead atoms. The van der Waals surface area contributed by atoms with Crippen molar-refractivity contribution in [2.24, 2.45) is 17.6 Å². The number of nitrogens with one attached hydrogen (secondary N) is 1. The normalized spacial score (nSPS) is 12.5. The minimum Gasteiger partial charge on any atom is -0.330 e. The Labute approximate surface area is 124 Å². The molecule has 0 spiro atoms. The second-order valence-electron chi connectivity index (χ2n) is 5.75. The molecule has 0 saturated carbocycles. The van der Waals surface area contributed by atoms with Gasteiger partial charge in [0.05, 0.1) is 5.69 Å². The average molecular weight is 298 g/mol. The van der Waals surface area contributed by atoms with Crippen LogP contribution in [0, 0.1) is 30.4 Å². The van der Waals surface area contributed by atoms with Crippen molar-refractivity contribution >= 4 is 11.6 Å². The number of aryl methyl sites for hydroxylation is 1. The fraction of sp³-hybridized carbons (Fsp3) is 0.562. The van der Waals surface area contributed by atoms with Crippen LogP contribution in [0.5, 0.6) is 0 Å². The highest BCUT2D eigenvalue weighted by Gasteiger charge is 2.16.